The third-order valence-corrected chi connectivity index (χ3v) is 4.88. The third kappa shape index (κ3) is 3.27. The van der Waals surface area contributed by atoms with Gasteiger partial charge in [-0.3, -0.25) is 0 Å². The maximum absolute atomic E-state index is 5.49. The topological polar surface area (TPSA) is 0 Å². The molecule has 0 amide bonds. The molecule has 0 radical (unpaired) electrons. The zero-order chi connectivity index (χ0) is 9.68. The molecule has 0 aliphatic heterocycles. The maximum atomic E-state index is 5.49. The molecule has 68 valence electrons. The van der Waals surface area contributed by atoms with Gasteiger partial charge in [-0.15, -0.1) is 0 Å². The van der Waals surface area contributed by atoms with Gasteiger partial charge < -0.3 is 0 Å². The number of hydrogen-bond donors (Lipinski definition) is 0. The van der Waals surface area contributed by atoms with Crippen LogP contribution >= 0.6 is 0 Å². The van der Waals surface area contributed by atoms with Crippen molar-refractivity contribution in [1.29, 1.82) is 0 Å². The summed E-state index contributed by atoms with van der Waals surface area (Å²) in [4.78, 5) is 0.426. The van der Waals surface area contributed by atoms with E-state index in [4.69, 9.17) is 6.42 Å². The summed E-state index contributed by atoms with van der Waals surface area (Å²) in [6, 6.07) is 10.5. The van der Waals surface area contributed by atoms with E-state index >= 15 is 0 Å². The van der Waals surface area contributed by atoms with Gasteiger partial charge in [-0.05, 0) is 0 Å². The van der Waals surface area contributed by atoms with Gasteiger partial charge in [0.2, 0.25) is 0 Å². The molecular formula is C12H14Se. The van der Waals surface area contributed by atoms with E-state index in [2.05, 4.69) is 44.0 Å². The van der Waals surface area contributed by atoms with Gasteiger partial charge in [-0.2, -0.15) is 0 Å². The second-order valence-electron chi connectivity index (χ2n) is 3.26. The molecule has 13 heavy (non-hydrogen) atoms. The van der Waals surface area contributed by atoms with Crippen LogP contribution in [0.4, 0.5) is 0 Å². The fraction of sp³-hybridized carbons (Fsp3) is 0.333. The molecule has 0 aromatic heterocycles. The van der Waals surface area contributed by atoms with Gasteiger partial charge in [-0.1, -0.05) is 0 Å². The molecule has 0 heterocycles. The van der Waals surface area contributed by atoms with Crippen LogP contribution in [0.15, 0.2) is 30.3 Å². The molecule has 0 aliphatic carbocycles. The van der Waals surface area contributed by atoms with Crippen LogP contribution in [0.5, 0.6) is 0 Å². The van der Waals surface area contributed by atoms with Crippen molar-refractivity contribution in [1.82, 2.24) is 0 Å². The van der Waals surface area contributed by atoms with E-state index in [1.165, 1.54) is 4.46 Å². The van der Waals surface area contributed by atoms with Crippen molar-refractivity contribution in [3.8, 4) is 12.3 Å². The van der Waals surface area contributed by atoms with E-state index in [-0.39, 0.29) is 0 Å². The summed E-state index contributed by atoms with van der Waals surface area (Å²) in [7, 11) is 0. The van der Waals surface area contributed by atoms with Crippen LogP contribution in [0.2, 0.25) is 4.82 Å². The van der Waals surface area contributed by atoms with Gasteiger partial charge in [-0.25, -0.2) is 0 Å². The average molecular weight is 237 g/mol. The number of hydrogen-bond acceptors (Lipinski definition) is 0. The van der Waals surface area contributed by atoms with Crippen LogP contribution in [-0.4, -0.2) is 15.0 Å². The van der Waals surface area contributed by atoms with Crippen molar-refractivity contribution in [3.63, 3.8) is 0 Å². The molecule has 1 rings (SSSR count). The molecule has 0 bridgehead atoms. The summed E-state index contributed by atoms with van der Waals surface area (Å²) in [6.07, 6.45) is 5.49. The zero-order valence-electron chi connectivity index (χ0n) is 8.03. The van der Waals surface area contributed by atoms with Crippen molar-refractivity contribution in [3.05, 3.63) is 30.3 Å². The van der Waals surface area contributed by atoms with Gasteiger partial charge >= 0.3 is 86.7 Å². The first-order valence-corrected chi connectivity index (χ1v) is 6.26. The first-order chi connectivity index (χ1) is 6.24. The molecule has 1 aromatic carbocycles. The summed E-state index contributed by atoms with van der Waals surface area (Å²) in [5.41, 5.74) is 0. The van der Waals surface area contributed by atoms with E-state index in [9.17, 15) is 0 Å². The normalized spacial score (nSPS) is 12.5. The van der Waals surface area contributed by atoms with Gasteiger partial charge in [0, 0.05) is 0 Å². The first-order valence-electron chi connectivity index (χ1n) is 4.42. The first kappa shape index (κ1) is 10.4. The van der Waals surface area contributed by atoms with Crippen LogP contribution in [-0.2, 0) is 0 Å². The van der Waals surface area contributed by atoms with Crippen molar-refractivity contribution in [2.24, 2.45) is 5.92 Å². The monoisotopic (exact) mass is 238 g/mol. The molecule has 1 atom stereocenters. The minimum absolute atomic E-state index is 0.421. The second kappa shape index (κ2) is 5.12. The molecule has 1 unspecified atom stereocenters. The predicted molar refractivity (Wildman–Crippen MR) is 59.3 cm³/mol. The van der Waals surface area contributed by atoms with Gasteiger partial charge in [0.25, 0.3) is 0 Å². The fourth-order valence-corrected chi connectivity index (χ4v) is 3.00. The Morgan fingerprint density at radius 3 is 2.31 bits per heavy atom. The van der Waals surface area contributed by atoms with Crippen LogP contribution < -0.4 is 4.46 Å². The number of benzene rings is 1. The van der Waals surface area contributed by atoms with Crippen molar-refractivity contribution >= 4 is 19.4 Å². The van der Waals surface area contributed by atoms with E-state index < -0.39 is 0 Å². The molecule has 0 saturated heterocycles. The van der Waals surface area contributed by atoms with E-state index in [1.807, 2.05) is 6.07 Å². The molecule has 0 nitrogen and oxygen atoms in total. The third-order valence-electron chi connectivity index (χ3n) is 1.78. The fourth-order valence-electron chi connectivity index (χ4n) is 1.01. The zero-order valence-corrected chi connectivity index (χ0v) is 9.74. The Morgan fingerprint density at radius 2 is 1.85 bits per heavy atom. The van der Waals surface area contributed by atoms with Crippen LogP contribution in [0, 0.1) is 18.3 Å². The van der Waals surface area contributed by atoms with Crippen molar-refractivity contribution in [2.45, 2.75) is 18.7 Å². The molecule has 0 fully saturated rings. The second-order valence-corrected chi connectivity index (χ2v) is 5.81. The Hall–Kier alpha value is -0.701. The van der Waals surface area contributed by atoms with Crippen molar-refractivity contribution < 1.29 is 0 Å². The van der Waals surface area contributed by atoms with Crippen LogP contribution in [0.3, 0.4) is 0 Å². The summed E-state index contributed by atoms with van der Waals surface area (Å²) in [5, 5.41) is 0. The Labute approximate surface area is 86.9 Å². The van der Waals surface area contributed by atoms with Crippen LogP contribution in [0.1, 0.15) is 13.8 Å². The Morgan fingerprint density at radius 1 is 1.23 bits per heavy atom. The SMILES string of the molecule is C#CC([Se]c1ccccc1)C(C)C. The predicted octanol–water partition coefficient (Wildman–Crippen LogP) is 2.09. The summed E-state index contributed by atoms with van der Waals surface area (Å²) in [5.74, 6) is 3.47. The molecular weight excluding hydrogens is 223 g/mol. The average Bonchev–Trinajstić information content (AvgIpc) is 2.15. The molecule has 0 spiro atoms. The quantitative estimate of drug-likeness (QED) is 0.558. The Bertz CT molecular complexity index is 282. The Balaban J connectivity index is 2.64. The standard InChI is InChI=1S/C12H14Se/c1-4-12(10(2)3)13-11-8-6-5-7-9-11/h1,5-10,12H,2-3H3. The van der Waals surface area contributed by atoms with E-state index in [0.717, 1.165) is 0 Å². The molecule has 0 N–H and O–H groups in total. The van der Waals surface area contributed by atoms with E-state index in [0.29, 0.717) is 25.7 Å². The minimum atomic E-state index is 0.421. The Kier molecular flexibility index (Phi) is 4.09. The summed E-state index contributed by atoms with van der Waals surface area (Å²) >= 11 is 0.421. The molecule has 1 heteroatoms. The van der Waals surface area contributed by atoms with Crippen LogP contribution in [0.25, 0.3) is 0 Å². The van der Waals surface area contributed by atoms with Crippen molar-refractivity contribution in [2.75, 3.05) is 0 Å². The number of rotatable bonds is 3. The summed E-state index contributed by atoms with van der Waals surface area (Å²) < 4.78 is 1.40. The molecule has 0 saturated carbocycles. The summed E-state index contributed by atoms with van der Waals surface area (Å²) in [6.45, 7) is 4.38. The van der Waals surface area contributed by atoms with Gasteiger partial charge in [0.05, 0.1) is 0 Å². The molecule has 0 aliphatic rings. The van der Waals surface area contributed by atoms with E-state index in [1.54, 1.807) is 0 Å². The van der Waals surface area contributed by atoms with Gasteiger partial charge in [0.15, 0.2) is 0 Å². The number of terminal acetylenes is 1. The van der Waals surface area contributed by atoms with Gasteiger partial charge in [0.1, 0.15) is 0 Å². The molecule has 1 aromatic rings.